The van der Waals surface area contributed by atoms with Crippen LogP contribution in [0.25, 0.3) is 11.2 Å². The Hall–Kier alpha value is -3.56. The summed E-state index contributed by atoms with van der Waals surface area (Å²) in [7, 11) is 0. The molecule has 0 fully saturated rings. The van der Waals surface area contributed by atoms with Gasteiger partial charge in [0.2, 0.25) is 0 Å². The highest BCUT2D eigenvalue weighted by Gasteiger charge is 2.22. The number of amides is 1. The summed E-state index contributed by atoms with van der Waals surface area (Å²) in [6.07, 6.45) is 1.52. The summed E-state index contributed by atoms with van der Waals surface area (Å²) in [5, 5.41) is 2.52. The Bertz CT molecular complexity index is 957. The number of nitrogens with one attached hydrogen (secondary N) is 2. The molecule has 25 heavy (non-hydrogen) atoms. The molecule has 4 N–H and O–H groups in total. The maximum atomic E-state index is 13.0. The van der Waals surface area contributed by atoms with Gasteiger partial charge in [0.05, 0.1) is 11.9 Å². The van der Waals surface area contributed by atoms with Gasteiger partial charge in [-0.25, -0.2) is 24.1 Å². The van der Waals surface area contributed by atoms with Crippen LogP contribution in [0.4, 0.5) is 15.9 Å². The van der Waals surface area contributed by atoms with Gasteiger partial charge in [-0.05, 0) is 25.1 Å². The molecular weight excluding hydrogens is 331 g/mol. The number of halogens is 1. The van der Waals surface area contributed by atoms with Gasteiger partial charge in [-0.15, -0.1) is 0 Å². The first-order valence-electron chi connectivity index (χ1n) is 7.16. The first kappa shape index (κ1) is 16.3. The molecule has 1 amide bonds. The van der Waals surface area contributed by atoms with Crippen LogP contribution >= 0.6 is 0 Å². The highest BCUT2D eigenvalue weighted by atomic mass is 19.1. The topological polar surface area (TPSA) is 136 Å². The molecule has 10 heteroatoms. The predicted molar refractivity (Wildman–Crippen MR) is 86.0 cm³/mol. The standard InChI is InChI=1S/C15H13FN6O3/c1-7(25-15(24)9-3-2-8(16)4-10(9)17)14(23)22-13-11-12(19-5-18-11)20-6-21-13/h2-7H,17H2,1H3,(H2,18,19,20,21,22,23). The van der Waals surface area contributed by atoms with Gasteiger partial charge in [-0.1, -0.05) is 0 Å². The molecule has 1 unspecified atom stereocenters. The van der Waals surface area contributed by atoms with Gasteiger partial charge in [-0.2, -0.15) is 0 Å². The third-order valence-corrected chi connectivity index (χ3v) is 3.35. The number of rotatable bonds is 4. The van der Waals surface area contributed by atoms with Gasteiger partial charge in [0.15, 0.2) is 17.6 Å². The number of nitrogens with zero attached hydrogens (tertiary/aromatic N) is 3. The number of H-pyrrole nitrogens is 1. The lowest BCUT2D eigenvalue weighted by Gasteiger charge is -2.14. The number of nitrogens with two attached hydrogens (primary N) is 1. The Morgan fingerprint density at radius 3 is 2.88 bits per heavy atom. The largest absolute Gasteiger partial charge is 0.449 e. The number of imidazole rings is 1. The smallest absolute Gasteiger partial charge is 0.341 e. The zero-order valence-corrected chi connectivity index (χ0v) is 13.0. The van der Waals surface area contributed by atoms with Crippen LogP contribution in [-0.2, 0) is 9.53 Å². The van der Waals surface area contributed by atoms with Gasteiger partial charge in [-0.3, -0.25) is 4.79 Å². The minimum Gasteiger partial charge on any atom is -0.449 e. The molecule has 0 saturated heterocycles. The van der Waals surface area contributed by atoms with E-state index in [0.29, 0.717) is 11.2 Å². The lowest BCUT2D eigenvalue weighted by atomic mass is 10.2. The van der Waals surface area contributed by atoms with E-state index in [4.69, 9.17) is 10.5 Å². The Labute approximate surface area is 140 Å². The molecule has 1 atom stereocenters. The molecular formula is C15H13FN6O3. The van der Waals surface area contributed by atoms with Crippen LogP contribution in [0.3, 0.4) is 0 Å². The van der Waals surface area contributed by atoms with Crippen LogP contribution in [0.15, 0.2) is 30.9 Å². The molecule has 0 spiro atoms. The van der Waals surface area contributed by atoms with E-state index < -0.39 is 23.8 Å². The number of benzene rings is 1. The maximum Gasteiger partial charge on any atom is 0.341 e. The zero-order chi connectivity index (χ0) is 18.0. The van der Waals surface area contributed by atoms with Crippen LogP contribution in [0.1, 0.15) is 17.3 Å². The summed E-state index contributed by atoms with van der Waals surface area (Å²) in [4.78, 5) is 38.9. The summed E-state index contributed by atoms with van der Waals surface area (Å²) in [5.41, 5.74) is 6.30. The SMILES string of the molecule is CC(OC(=O)c1ccc(F)cc1N)C(=O)Nc1ncnc2nc[nH]c12. The first-order valence-corrected chi connectivity index (χ1v) is 7.16. The van der Waals surface area contributed by atoms with Crippen molar-refractivity contribution in [3.05, 3.63) is 42.2 Å². The van der Waals surface area contributed by atoms with Crippen molar-refractivity contribution >= 4 is 34.5 Å². The summed E-state index contributed by atoms with van der Waals surface area (Å²) in [5.74, 6) is -1.82. The Morgan fingerprint density at radius 1 is 1.32 bits per heavy atom. The molecule has 2 aromatic heterocycles. The Morgan fingerprint density at radius 2 is 2.12 bits per heavy atom. The number of aromatic nitrogens is 4. The number of carbonyl (C=O) groups excluding carboxylic acids is 2. The lowest BCUT2D eigenvalue weighted by molar-refractivity contribution is -0.123. The molecule has 0 aliphatic heterocycles. The van der Waals surface area contributed by atoms with Gasteiger partial charge in [0.1, 0.15) is 17.7 Å². The highest BCUT2D eigenvalue weighted by molar-refractivity contribution is 6.01. The second kappa shape index (κ2) is 6.51. The minimum absolute atomic E-state index is 0.0287. The molecule has 9 nitrogen and oxygen atoms in total. The summed E-state index contributed by atoms with van der Waals surface area (Å²) < 4.78 is 18.1. The van der Waals surface area contributed by atoms with Crippen molar-refractivity contribution in [1.29, 1.82) is 0 Å². The van der Waals surface area contributed by atoms with Crippen molar-refractivity contribution < 1.29 is 18.7 Å². The molecule has 1 aromatic carbocycles. The van der Waals surface area contributed by atoms with E-state index >= 15 is 0 Å². The minimum atomic E-state index is -1.13. The number of aromatic amines is 1. The second-order valence-corrected chi connectivity index (χ2v) is 5.09. The van der Waals surface area contributed by atoms with E-state index in [1.165, 1.54) is 25.6 Å². The number of esters is 1. The molecule has 128 valence electrons. The van der Waals surface area contributed by atoms with Crippen molar-refractivity contribution in [3.63, 3.8) is 0 Å². The fourth-order valence-electron chi connectivity index (χ4n) is 2.08. The van der Waals surface area contributed by atoms with E-state index in [1.807, 2.05) is 0 Å². The molecule has 3 aromatic rings. The number of anilines is 2. The highest BCUT2D eigenvalue weighted by Crippen LogP contribution is 2.17. The molecule has 3 rings (SSSR count). The number of ether oxygens (including phenoxy) is 1. The zero-order valence-electron chi connectivity index (χ0n) is 13.0. The van der Waals surface area contributed by atoms with Crippen LogP contribution in [0.2, 0.25) is 0 Å². The number of hydrogen-bond donors (Lipinski definition) is 3. The summed E-state index contributed by atoms with van der Waals surface area (Å²) in [6.45, 7) is 1.39. The van der Waals surface area contributed by atoms with Crippen LogP contribution in [-0.4, -0.2) is 37.9 Å². The Kier molecular flexibility index (Phi) is 4.25. The molecule has 0 saturated carbocycles. The van der Waals surface area contributed by atoms with E-state index in [1.54, 1.807) is 0 Å². The van der Waals surface area contributed by atoms with Gasteiger partial charge in [0, 0.05) is 5.69 Å². The number of hydrogen-bond acceptors (Lipinski definition) is 7. The van der Waals surface area contributed by atoms with Crippen LogP contribution in [0.5, 0.6) is 0 Å². The quantitative estimate of drug-likeness (QED) is 0.479. The van der Waals surface area contributed by atoms with Gasteiger partial charge >= 0.3 is 5.97 Å². The fraction of sp³-hybridized carbons (Fsp3) is 0.133. The van der Waals surface area contributed by atoms with Crippen molar-refractivity contribution in [2.24, 2.45) is 0 Å². The normalized spacial score (nSPS) is 11.9. The molecule has 0 radical (unpaired) electrons. The van der Waals surface area contributed by atoms with Crippen molar-refractivity contribution in [3.8, 4) is 0 Å². The molecule has 0 aliphatic rings. The summed E-state index contributed by atoms with van der Waals surface area (Å²) in [6, 6.07) is 3.26. The average molecular weight is 344 g/mol. The third kappa shape index (κ3) is 3.37. The molecule has 0 aliphatic carbocycles. The van der Waals surface area contributed by atoms with E-state index in [9.17, 15) is 14.0 Å². The monoisotopic (exact) mass is 344 g/mol. The molecule has 2 heterocycles. The Balaban J connectivity index is 1.70. The van der Waals surface area contributed by atoms with E-state index in [-0.39, 0.29) is 17.1 Å². The third-order valence-electron chi connectivity index (χ3n) is 3.35. The maximum absolute atomic E-state index is 13.0. The van der Waals surface area contributed by atoms with Gasteiger partial charge in [0.25, 0.3) is 5.91 Å². The molecule has 0 bridgehead atoms. The van der Waals surface area contributed by atoms with Gasteiger partial charge < -0.3 is 20.8 Å². The van der Waals surface area contributed by atoms with Crippen molar-refractivity contribution in [2.45, 2.75) is 13.0 Å². The fourth-order valence-corrected chi connectivity index (χ4v) is 2.08. The van der Waals surface area contributed by atoms with Crippen LogP contribution in [0, 0.1) is 5.82 Å². The van der Waals surface area contributed by atoms with Crippen molar-refractivity contribution in [2.75, 3.05) is 11.1 Å². The lowest BCUT2D eigenvalue weighted by Crippen LogP contribution is -2.30. The first-order chi connectivity index (χ1) is 12.0. The second-order valence-electron chi connectivity index (χ2n) is 5.09. The summed E-state index contributed by atoms with van der Waals surface area (Å²) >= 11 is 0. The average Bonchev–Trinajstić information content (AvgIpc) is 3.04. The van der Waals surface area contributed by atoms with Crippen molar-refractivity contribution in [1.82, 2.24) is 19.9 Å². The number of fused-ring (bicyclic) bond motifs is 1. The predicted octanol–water partition coefficient (Wildman–Crippen LogP) is 1.26. The van der Waals surface area contributed by atoms with E-state index in [2.05, 4.69) is 25.3 Å². The van der Waals surface area contributed by atoms with Crippen LogP contribution < -0.4 is 11.1 Å². The number of carbonyl (C=O) groups is 2. The van der Waals surface area contributed by atoms with E-state index in [0.717, 1.165) is 12.1 Å². The number of nitrogen functional groups attached to an aromatic ring is 1.